The number of anilines is 2. The van der Waals surface area contributed by atoms with Gasteiger partial charge in [0.05, 0.1) is 21.6 Å². The minimum atomic E-state index is -0.727. The van der Waals surface area contributed by atoms with Gasteiger partial charge in [0.1, 0.15) is 11.4 Å². The summed E-state index contributed by atoms with van der Waals surface area (Å²) in [5.74, 6) is 0.178. The molecule has 0 radical (unpaired) electrons. The lowest BCUT2D eigenvalue weighted by molar-refractivity contribution is -0.393. The van der Waals surface area contributed by atoms with E-state index in [0.717, 1.165) is 12.1 Å². The zero-order valence-corrected chi connectivity index (χ0v) is 19.6. The Morgan fingerprint density at radius 3 is 2.43 bits per heavy atom. The van der Waals surface area contributed by atoms with Gasteiger partial charge in [-0.25, -0.2) is 0 Å². The van der Waals surface area contributed by atoms with Crippen molar-refractivity contribution < 1.29 is 19.1 Å². The monoisotopic (exact) mass is 517 g/mol. The number of hydrazone groups is 1. The van der Waals surface area contributed by atoms with E-state index in [2.05, 4.69) is 15.8 Å². The number of aryl methyl sites for hydroxylation is 1. The van der Waals surface area contributed by atoms with Crippen molar-refractivity contribution >= 4 is 57.6 Å². The maximum absolute atomic E-state index is 12.9. The minimum Gasteiger partial charge on any atom is -0.455 e. The van der Waals surface area contributed by atoms with E-state index in [-0.39, 0.29) is 11.4 Å². The molecule has 180 valence electrons. The van der Waals surface area contributed by atoms with Crippen LogP contribution in [0.3, 0.4) is 0 Å². The van der Waals surface area contributed by atoms with Gasteiger partial charge in [0, 0.05) is 39.3 Å². The van der Waals surface area contributed by atoms with Crippen molar-refractivity contribution in [3.63, 3.8) is 0 Å². The molecule has 0 unspecified atom stereocenters. The van der Waals surface area contributed by atoms with Crippen LogP contribution in [0.2, 0.25) is 10.0 Å². The number of nitrogens with one attached hydrogen (secondary N) is 2. The van der Waals surface area contributed by atoms with Crippen LogP contribution in [-0.4, -0.2) is 21.5 Å². The number of carbonyl (C=O) groups excluding carboxylic acids is 1. The van der Waals surface area contributed by atoms with Gasteiger partial charge in [-0.15, -0.1) is 0 Å². The molecule has 0 bridgehead atoms. The van der Waals surface area contributed by atoms with Crippen LogP contribution in [0, 0.1) is 27.2 Å². The van der Waals surface area contributed by atoms with Crippen LogP contribution in [0.25, 0.3) is 0 Å². The largest absolute Gasteiger partial charge is 0.455 e. The van der Waals surface area contributed by atoms with Crippen molar-refractivity contribution in [3.8, 4) is 0 Å². The highest BCUT2D eigenvalue weighted by atomic mass is 35.5. The maximum Gasteiger partial charge on any atom is 0.301 e. The maximum atomic E-state index is 12.9. The van der Waals surface area contributed by atoms with Gasteiger partial charge in [-0.05, 0) is 44.0 Å². The van der Waals surface area contributed by atoms with Gasteiger partial charge in [0.25, 0.3) is 11.6 Å². The Balaban J connectivity index is 1.63. The quantitative estimate of drug-likeness (QED) is 0.295. The summed E-state index contributed by atoms with van der Waals surface area (Å²) >= 11 is 12.0. The SMILES string of the molecule is Cc1c(C(=O)Nc2cc(Cl)cc(Cl)c2)oc2c1/C(=N/Nc1ccc([N+](=O)[O-])cc1[N+](=O)[O-])CCC2. The standard InChI is InChI=1S/C22H17Cl2N5O6/c1-11-20-17(27-26-16-6-5-15(28(31)32)10-18(16)29(33)34)3-2-4-19(20)35-21(11)22(30)25-14-8-12(23)7-13(24)9-14/h5-10,26H,2-4H2,1H3,(H,25,30)/b27-17+. The molecule has 0 saturated carbocycles. The highest BCUT2D eigenvalue weighted by Gasteiger charge is 2.28. The Hall–Kier alpha value is -3.96. The molecule has 2 aromatic carbocycles. The number of benzene rings is 2. The summed E-state index contributed by atoms with van der Waals surface area (Å²) in [6.45, 7) is 1.72. The molecule has 0 atom stereocenters. The topological polar surface area (TPSA) is 153 Å². The Morgan fingerprint density at radius 2 is 1.77 bits per heavy atom. The lowest BCUT2D eigenvalue weighted by Gasteiger charge is -2.13. The summed E-state index contributed by atoms with van der Waals surface area (Å²) in [6, 6.07) is 7.88. The molecule has 11 nitrogen and oxygen atoms in total. The van der Waals surface area contributed by atoms with E-state index in [4.69, 9.17) is 27.6 Å². The van der Waals surface area contributed by atoms with Crippen LogP contribution < -0.4 is 10.7 Å². The molecule has 0 aliphatic heterocycles. The van der Waals surface area contributed by atoms with Crippen LogP contribution in [0.15, 0.2) is 45.9 Å². The second kappa shape index (κ2) is 9.72. The molecule has 1 aliphatic rings. The van der Waals surface area contributed by atoms with Crippen LogP contribution >= 0.6 is 23.2 Å². The first-order chi connectivity index (χ1) is 16.6. The van der Waals surface area contributed by atoms with Crippen molar-refractivity contribution in [1.82, 2.24) is 0 Å². The van der Waals surface area contributed by atoms with Crippen LogP contribution in [0.4, 0.5) is 22.7 Å². The summed E-state index contributed by atoms with van der Waals surface area (Å²) in [5, 5.41) is 30.1. The molecular weight excluding hydrogens is 501 g/mol. The van der Waals surface area contributed by atoms with E-state index in [1.165, 1.54) is 6.07 Å². The number of furan rings is 1. The van der Waals surface area contributed by atoms with Crippen molar-refractivity contribution in [3.05, 3.63) is 89.3 Å². The molecule has 0 saturated heterocycles. The molecule has 0 spiro atoms. The summed E-state index contributed by atoms with van der Waals surface area (Å²) in [7, 11) is 0. The predicted octanol–water partition coefficient (Wildman–Crippen LogP) is 6.12. The van der Waals surface area contributed by atoms with E-state index >= 15 is 0 Å². The molecule has 1 amide bonds. The van der Waals surface area contributed by atoms with Crippen molar-refractivity contribution in [2.75, 3.05) is 10.7 Å². The molecule has 0 fully saturated rings. The number of hydrogen-bond donors (Lipinski definition) is 2. The lowest BCUT2D eigenvalue weighted by Crippen LogP contribution is -2.14. The van der Waals surface area contributed by atoms with Gasteiger partial charge in [-0.3, -0.25) is 30.4 Å². The van der Waals surface area contributed by atoms with Gasteiger partial charge in [0.15, 0.2) is 5.76 Å². The molecular formula is C22H17Cl2N5O6. The van der Waals surface area contributed by atoms with Gasteiger partial charge in [-0.2, -0.15) is 5.10 Å². The number of rotatable bonds is 6. The van der Waals surface area contributed by atoms with Crippen LogP contribution in [0.1, 0.15) is 40.3 Å². The van der Waals surface area contributed by atoms with Crippen LogP contribution in [0.5, 0.6) is 0 Å². The molecule has 1 aromatic heterocycles. The Morgan fingerprint density at radius 1 is 1.06 bits per heavy atom. The number of nitro groups is 2. The Labute approximate surface area is 208 Å². The fraction of sp³-hybridized carbons (Fsp3) is 0.182. The van der Waals surface area contributed by atoms with Crippen LogP contribution in [-0.2, 0) is 6.42 Å². The van der Waals surface area contributed by atoms with Crippen molar-refractivity contribution in [2.24, 2.45) is 5.10 Å². The number of carbonyl (C=O) groups is 1. The molecule has 3 aromatic rings. The average Bonchev–Trinajstić information content (AvgIpc) is 3.14. The summed E-state index contributed by atoms with van der Waals surface area (Å²) in [5.41, 5.74) is 3.90. The molecule has 13 heteroatoms. The Kier molecular flexibility index (Phi) is 6.72. The Bertz CT molecular complexity index is 1380. The number of nitrogens with zero attached hydrogens (tertiary/aromatic N) is 3. The van der Waals surface area contributed by atoms with Gasteiger partial charge >= 0.3 is 5.69 Å². The number of non-ortho nitro benzene ring substituents is 1. The second-order valence-electron chi connectivity index (χ2n) is 7.71. The highest BCUT2D eigenvalue weighted by molar-refractivity contribution is 6.35. The molecule has 2 N–H and O–H groups in total. The number of halogens is 2. The zero-order valence-electron chi connectivity index (χ0n) is 18.1. The van der Waals surface area contributed by atoms with E-state index < -0.39 is 27.1 Å². The van der Waals surface area contributed by atoms with Crippen molar-refractivity contribution in [1.29, 1.82) is 0 Å². The zero-order chi connectivity index (χ0) is 25.3. The minimum absolute atomic E-state index is 0.00262. The number of fused-ring (bicyclic) bond motifs is 1. The molecule has 35 heavy (non-hydrogen) atoms. The smallest absolute Gasteiger partial charge is 0.301 e. The summed E-state index contributed by atoms with van der Waals surface area (Å²) in [6.07, 6.45) is 1.81. The first-order valence-electron chi connectivity index (χ1n) is 10.3. The summed E-state index contributed by atoms with van der Waals surface area (Å²) in [4.78, 5) is 33.8. The van der Waals surface area contributed by atoms with E-state index in [0.29, 0.717) is 57.6 Å². The fourth-order valence-corrected chi connectivity index (χ4v) is 4.34. The third-order valence-corrected chi connectivity index (χ3v) is 5.79. The van der Waals surface area contributed by atoms with Gasteiger partial charge in [0.2, 0.25) is 0 Å². The van der Waals surface area contributed by atoms with E-state index in [1.54, 1.807) is 25.1 Å². The molecule has 4 rings (SSSR count). The van der Waals surface area contributed by atoms with E-state index in [1.807, 2.05) is 0 Å². The summed E-state index contributed by atoms with van der Waals surface area (Å²) < 4.78 is 5.85. The highest BCUT2D eigenvalue weighted by Crippen LogP contribution is 2.33. The van der Waals surface area contributed by atoms with Gasteiger partial charge < -0.3 is 9.73 Å². The molecule has 1 heterocycles. The third kappa shape index (κ3) is 5.10. The van der Waals surface area contributed by atoms with E-state index in [9.17, 15) is 25.0 Å². The fourth-order valence-electron chi connectivity index (χ4n) is 3.82. The lowest BCUT2D eigenvalue weighted by atomic mass is 9.93. The number of amides is 1. The van der Waals surface area contributed by atoms with Gasteiger partial charge in [-0.1, -0.05) is 23.2 Å². The number of nitro benzene ring substituents is 2. The van der Waals surface area contributed by atoms with Crippen molar-refractivity contribution in [2.45, 2.75) is 26.2 Å². The first-order valence-corrected chi connectivity index (χ1v) is 11.0. The molecule has 1 aliphatic carbocycles. The second-order valence-corrected chi connectivity index (χ2v) is 8.58. The predicted molar refractivity (Wildman–Crippen MR) is 131 cm³/mol. The normalized spacial score (nSPS) is 13.9. The number of hydrogen-bond acceptors (Lipinski definition) is 8. The average molecular weight is 518 g/mol. The first kappa shape index (κ1) is 24.2. The third-order valence-electron chi connectivity index (χ3n) is 5.35.